The van der Waals surface area contributed by atoms with Gasteiger partial charge in [-0.05, 0) is 18.1 Å². The van der Waals surface area contributed by atoms with Crippen molar-refractivity contribution in [1.82, 2.24) is 9.80 Å². The minimum absolute atomic E-state index is 0.0221. The van der Waals surface area contributed by atoms with E-state index in [2.05, 4.69) is 0 Å². The Balaban J connectivity index is 1.44. The number of fused-ring (bicyclic) bond motifs is 1. The number of amides is 2. The predicted molar refractivity (Wildman–Crippen MR) is 115 cm³/mol. The number of hydrogen-bond acceptors (Lipinski definition) is 4. The Kier molecular flexibility index (Phi) is 5.77. The highest BCUT2D eigenvalue weighted by Gasteiger charge is 2.42. The first-order valence-electron chi connectivity index (χ1n) is 10.6. The zero-order valence-electron chi connectivity index (χ0n) is 17.4. The van der Waals surface area contributed by atoms with Gasteiger partial charge in [0, 0.05) is 45.0 Å². The zero-order chi connectivity index (χ0) is 21.1. The third-order valence-corrected chi connectivity index (χ3v) is 6.19. The minimum Gasteiger partial charge on any atom is -0.485 e. The molecular formula is C24H29N3O3. The van der Waals surface area contributed by atoms with E-state index in [9.17, 15) is 9.59 Å². The Labute approximate surface area is 177 Å². The van der Waals surface area contributed by atoms with Crippen LogP contribution in [-0.2, 0) is 22.6 Å². The summed E-state index contributed by atoms with van der Waals surface area (Å²) in [4.78, 5) is 28.8. The third kappa shape index (κ3) is 4.33. The van der Waals surface area contributed by atoms with Gasteiger partial charge in [-0.25, -0.2) is 0 Å². The van der Waals surface area contributed by atoms with Crippen LogP contribution in [-0.4, -0.2) is 52.9 Å². The molecule has 1 unspecified atom stereocenters. The van der Waals surface area contributed by atoms with Crippen molar-refractivity contribution in [2.24, 2.45) is 5.73 Å². The molecule has 1 saturated heterocycles. The van der Waals surface area contributed by atoms with Gasteiger partial charge in [0.15, 0.2) is 0 Å². The molecule has 2 heterocycles. The standard InChI is InChI=1S/C24H29N3O3/c1-18(28)27-16-20-9-5-6-10-22(20)30-24(17-27)11-13-26(14-12-24)23(29)21(25)15-19-7-3-2-4-8-19/h2-10,21H,11-17,25H2,1H3. The molecule has 0 aliphatic carbocycles. The Bertz CT molecular complexity index is 907. The van der Waals surface area contributed by atoms with Crippen LogP contribution in [0.15, 0.2) is 54.6 Å². The number of ether oxygens (including phenoxy) is 1. The van der Waals surface area contributed by atoms with Crippen molar-refractivity contribution in [2.75, 3.05) is 19.6 Å². The summed E-state index contributed by atoms with van der Waals surface area (Å²) in [7, 11) is 0. The van der Waals surface area contributed by atoms with Crippen molar-refractivity contribution < 1.29 is 14.3 Å². The molecule has 6 heteroatoms. The number of carbonyl (C=O) groups is 2. The molecule has 0 bridgehead atoms. The van der Waals surface area contributed by atoms with E-state index >= 15 is 0 Å². The molecule has 4 rings (SSSR count). The van der Waals surface area contributed by atoms with Gasteiger partial charge >= 0.3 is 0 Å². The van der Waals surface area contributed by atoms with E-state index in [-0.39, 0.29) is 11.8 Å². The SMILES string of the molecule is CC(=O)N1Cc2ccccc2OC2(CCN(C(=O)C(N)Cc3ccccc3)CC2)C1. The first kappa shape index (κ1) is 20.4. The molecule has 2 aromatic rings. The lowest BCUT2D eigenvalue weighted by Gasteiger charge is -2.43. The Hall–Kier alpha value is -2.86. The average molecular weight is 408 g/mol. The van der Waals surface area contributed by atoms with Gasteiger partial charge in [0.25, 0.3) is 0 Å². The van der Waals surface area contributed by atoms with Crippen LogP contribution in [0.5, 0.6) is 5.75 Å². The van der Waals surface area contributed by atoms with Crippen LogP contribution in [0.2, 0.25) is 0 Å². The quantitative estimate of drug-likeness (QED) is 0.848. The number of hydrogen-bond donors (Lipinski definition) is 1. The Morgan fingerprint density at radius 2 is 1.70 bits per heavy atom. The van der Waals surface area contributed by atoms with E-state index in [1.807, 2.05) is 64.4 Å². The molecular weight excluding hydrogens is 378 g/mol. The van der Waals surface area contributed by atoms with Gasteiger partial charge in [-0.15, -0.1) is 0 Å². The Morgan fingerprint density at radius 1 is 1.03 bits per heavy atom. The van der Waals surface area contributed by atoms with E-state index < -0.39 is 11.6 Å². The van der Waals surface area contributed by atoms with Crippen molar-refractivity contribution >= 4 is 11.8 Å². The molecule has 6 nitrogen and oxygen atoms in total. The van der Waals surface area contributed by atoms with Gasteiger partial charge in [-0.1, -0.05) is 48.5 Å². The van der Waals surface area contributed by atoms with Crippen molar-refractivity contribution in [2.45, 2.75) is 44.4 Å². The average Bonchev–Trinajstić information content (AvgIpc) is 2.91. The first-order chi connectivity index (χ1) is 14.5. The van der Waals surface area contributed by atoms with Crippen LogP contribution in [0.3, 0.4) is 0 Å². The molecule has 2 amide bonds. The van der Waals surface area contributed by atoms with Crippen molar-refractivity contribution in [3.8, 4) is 5.75 Å². The summed E-state index contributed by atoms with van der Waals surface area (Å²) in [5.41, 5.74) is 7.83. The molecule has 0 saturated carbocycles. The van der Waals surface area contributed by atoms with Crippen LogP contribution in [0, 0.1) is 0 Å². The normalized spacial score (nSPS) is 18.9. The van der Waals surface area contributed by atoms with E-state index in [1.54, 1.807) is 6.92 Å². The zero-order valence-corrected chi connectivity index (χ0v) is 17.4. The second kappa shape index (κ2) is 8.48. The van der Waals surface area contributed by atoms with Gasteiger partial charge in [0.05, 0.1) is 12.6 Å². The van der Waals surface area contributed by atoms with Crippen LogP contribution < -0.4 is 10.5 Å². The van der Waals surface area contributed by atoms with Crippen LogP contribution >= 0.6 is 0 Å². The maximum Gasteiger partial charge on any atom is 0.239 e. The summed E-state index contributed by atoms with van der Waals surface area (Å²) in [5, 5.41) is 0. The lowest BCUT2D eigenvalue weighted by molar-refractivity contribution is -0.139. The molecule has 1 spiro atoms. The largest absolute Gasteiger partial charge is 0.485 e. The van der Waals surface area contributed by atoms with Gasteiger partial charge in [0.1, 0.15) is 11.4 Å². The van der Waals surface area contributed by atoms with Gasteiger partial charge < -0.3 is 20.3 Å². The predicted octanol–water partition coefficient (Wildman–Crippen LogP) is 2.36. The molecule has 2 aliphatic rings. The van der Waals surface area contributed by atoms with Crippen molar-refractivity contribution in [3.05, 3.63) is 65.7 Å². The number of nitrogens with zero attached hydrogens (tertiary/aromatic N) is 2. The van der Waals surface area contributed by atoms with E-state index in [0.717, 1.165) is 16.9 Å². The van der Waals surface area contributed by atoms with Crippen LogP contribution in [0.1, 0.15) is 30.9 Å². The van der Waals surface area contributed by atoms with Crippen molar-refractivity contribution in [3.63, 3.8) is 0 Å². The molecule has 2 aliphatic heterocycles. The van der Waals surface area contributed by atoms with E-state index in [4.69, 9.17) is 10.5 Å². The number of para-hydroxylation sites is 1. The smallest absolute Gasteiger partial charge is 0.239 e. The topological polar surface area (TPSA) is 75.9 Å². The molecule has 30 heavy (non-hydrogen) atoms. The third-order valence-electron chi connectivity index (χ3n) is 6.19. The monoisotopic (exact) mass is 407 g/mol. The molecule has 2 N–H and O–H groups in total. The van der Waals surface area contributed by atoms with E-state index in [1.165, 1.54) is 0 Å². The summed E-state index contributed by atoms with van der Waals surface area (Å²) in [6.07, 6.45) is 1.88. The molecule has 2 aromatic carbocycles. The fourth-order valence-electron chi connectivity index (χ4n) is 4.42. The minimum atomic E-state index is -0.550. The number of piperidine rings is 1. The highest BCUT2D eigenvalue weighted by atomic mass is 16.5. The maximum atomic E-state index is 12.9. The summed E-state index contributed by atoms with van der Waals surface area (Å²) < 4.78 is 6.49. The first-order valence-corrected chi connectivity index (χ1v) is 10.6. The molecule has 158 valence electrons. The summed E-state index contributed by atoms with van der Waals surface area (Å²) in [6, 6.07) is 17.2. The molecule has 1 atom stereocenters. The summed E-state index contributed by atoms with van der Waals surface area (Å²) in [5.74, 6) is 0.853. The van der Waals surface area contributed by atoms with Crippen molar-refractivity contribution in [1.29, 1.82) is 0 Å². The summed E-state index contributed by atoms with van der Waals surface area (Å²) in [6.45, 7) is 3.85. The second-order valence-electron chi connectivity index (χ2n) is 8.39. The van der Waals surface area contributed by atoms with Gasteiger partial charge in [-0.2, -0.15) is 0 Å². The van der Waals surface area contributed by atoms with Gasteiger partial charge in [0.2, 0.25) is 11.8 Å². The molecule has 0 radical (unpaired) electrons. The highest BCUT2D eigenvalue weighted by molar-refractivity contribution is 5.82. The molecule has 0 aromatic heterocycles. The Morgan fingerprint density at radius 3 is 2.40 bits per heavy atom. The lowest BCUT2D eigenvalue weighted by Crippen LogP contribution is -2.57. The second-order valence-corrected chi connectivity index (χ2v) is 8.39. The van der Waals surface area contributed by atoms with Crippen LogP contribution in [0.25, 0.3) is 0 Å². The molecule has 1 fully saturated rings. The number of carbonyl (C=O) groups excluding carboxylic acids is 2. The fraction of sp³-hybridized carbons (Fsp3) is 0.417. The number of rotatable bonds is 3. The fourth-order valence-corrected chi connectivity index (χ4v) is 4.42. The number of likely N-dealkylation sites (tertiary alicyclic amines) is 1. The van der Waals surface area contributed by atoms with E-state index in [0.29, 0.717) is 45.4 Å². The van der Waals surface area contributed by atoms with Crippen LogP contribution in [0.4, 0.5) is 0 Å². The lowest BCUT2D eigenvalue weighted by atomic mass is 9.89. The number of nitrogens with two attached hydrogens (primary N) is 1. The summed E-state index contributed by atoms with van der Waals surface area (Å²) >= 11 is 0. The maximum absolute atomic E-state index is 12.9. The highest BCUT2D eigenvalue weighted by Crippen LogP contribution is 2.35. The number of benzene rings is 2. The van der Waals surface area contributed by atoms with Gasteiger partial charge in [-0.3, -0.25) is 9.59 Å².